The van der Waals surface area contributed by atoms with Crippen molar-refractivity contribution in [2.75, 3.05) is 13.1 Å². The van der Waals surface area contributed by atoms with E-state index in [0.717, 1.165) is 131 Å². The number of rotatable bonds is 12. The number of nitrogens with zero attached hydrogens (tertiary/aromatic N) is 8. The van der Waals surface area contributed by atoms with Crippen molar-refractivity contribution >= 4 is 122 Å². The van der Waals surface area contributed by atoms with Crippen molar-refractivity contribution < 1.29 is 82.6 Å². The lowest BCUT2D eigenvalue weighted by atomic mass is 9.85. The van der Waals surface area contributed by atoms with Gasteiger partial charge in [-0.05, 0) is 243 Å². The van der Waals surface area contributed by atoms with Gasteiger partial charge >= 0.3 is 12.2 Å². The lowest BCUT2D eigenvalue weighted by molar-refractivity contribution is -0.143. The quantitative estimate of drug-likeness (QED) is 0.0320. The van der Waals surface area contributed by atoms with Crippen LogP contribution >= 0.6 is 22.7 Å². The molecule has 34 nitrogen and oxygen atoms in total. The van der Waals surface area contributed by atoms with E-state index in [1.165, 1.54) is 31.7 Å². The van der Waals surface area contributed by atoms with Crippen molar-refractivity contribution in [2.24, 2.45) is 28.5 Å². The fourth-order valence-electron chi connectivity index (χ4n) is 20.3. The summed E-state index contributed by atoms with van der Waals surface area (Å²) >= 11 is 3.41. The van der Waals surface area contributed by atoms with Crippen LogP contribution in [0.3, 0.4) is 0 Å². The number of carbonyl (C=O) groups is 8. The van der Waals surface area contributed by atoms with Gasteiger partial charge in [0.25, 0.3) is 33.9 Å². The number of allylic oxidation sites excluding steroid dienone is 2. The molecule has 2 saturated heterocycles. The highest BCUT2D eigenvalue weighted by atomic mass is 32.2. The molecule has 4 aliphatic heterocycles. The van der Waals surface area contributed by atoms with Crippen molar-refractivity contribution in [2.45, 2.75) is 410 Å². The number of alkyl carbamates (subject to hydrolysis) is 2. The van der Waals surface area contributed by atoms with Gasteiger partial charge in [-0.1, -0.05) is 170 Å². The molecule has 0 unspecified atom stereocenters. The summed E-state index contributed by atoms with van der Waals surface area (Å²) in [4.78, 5) is 143. The lowest BCUT2D eigenvalue weighted by Gasteiger charge is -2.36. The van der Waals surface area contributed by atoms with Crippen molar-refractivity contribution in [1.82, 2.24) is 74.4 Å². The second-order valence-corrected chi connectivity index (χ2v) is 54.0. The average molecular weight is 2090 g/mol. The molecule has 7 aromatic rings. The summed E-state index contributed by atoms with van der Waals surface area (Å²) in [6.45, 7) is 43.8. The molecule has 8 heterocycles. The molecule has 9 N–H and O–H groups in total. The van der Waals surface area contributed by atoms with E-state index in [1.54, 1.807) is 81.2 Å². The number of nitrogens with two attached hydrogens (primary N) is 1. The van der Waals surface area contributed by atoms with Gasteiger partial charge in [0, 0.05) is 45.8 Å². The Morgan fingerprint density at radius 3 is 1.27 bits per heavy atom. The number of amides is 8. The van der Waals surface area contributed by atoms with Crippen LogP contribution in [-0.2, 0) is 81.2 Å². The Kier molecular flexibility index (Phi) is 33.8. The minimum Gasteiger partial charge on any atom is -0.459 e. The summed E-state index contributed by atoms with van der Waals surface area (Å²) in [5.74, 6) is 0.897. The normalized spacial score (nSPS) is 24.4. The number of imidazole rings is 2. The van der Waals surface area contributed by atoms with Gasteiger partial charge in [0.05, 0.1) is 49.9 Å². The average Bonchev–Trinajstić information content (AvgIpc) is 1.56. The molecular formula is C105H154N16O18S5. The number of ether oxygens (including phenoxy) is 4. The first-order chi connectivity index (χ1) is 67.4. The number of likely N-dealkylation sites (tertiary alicyclic amines) is 2. The maximum Gasteiger partial charge on any atom is 0.408 e. The highest BCUT2D eigenvalue weighted by Gasteiger charge is 2.66. The van der Waals surface area contributed by atoms with Gasteiger partial charge in [0.15, 0.2) is 0 Å². The molecule has 15 rings (SSSR count). The molecule has 10 atom stereocenters. The monoisotopic (exact) mass is 2090 g/mol. The molecular weight excluding hydrogens is 1930 g/mol. The minimum absolute atomic E-state index is 0.0332. The third-order valence-corrected chi connectivity index (χ3v) is 36.8. The molecule has 792 valence electrons. The largest absolute Gasteiger partial charge is 0.459 e. The number of aromatic nitrogens is 6. The zero-order chi connectivity index (χ0) is 105. The minimum atomic E-state index is -4.08. The predicted octanol–water partition coefficient (Wildman–Crippen LogP) is 17.3. The Morgan fingerprint density at radius 2 is 0.910 bits per heavy atom. The number of carbonyl (C=O) groups excluding carboxylic acids is 8. The number of aryl methyl sites for hydroxylation is 3. The van der Waals surface area contributed by atoms with E-state index in [0.29, 0.717) is 69.8 Å². The second-order valence-electron chi connectivity index (χ2n) is 46.0. The van der Waals surface area contributed by atoms with Gasteiger partial charge in [-0.25, -0.2) is 44.8 Å². The fourth-order valence-corrected chi connectivity index (χ4v) is 26.9. The number of nitrogens with one attached hydrogen (secondary N) is 7. The van der Waals surface area contributed by atoms with E-state index in [1.807, 2.05) is 129 Å². The van der Waals surface area contributed by atoms with Gasteiger partial charge in [0.1, 0.15) is 79.7 Å². The Labute approximate surface area is 858 Å². The van der Waals surface area contributed by atoms with E-state index in [2.05, 4.69) is 76.6 Å². The fraction of sp³-hybridized carbons (Fsp3) is 0.657. The Balaban J connectivity index is 0.000000216. The number of thiazole rings is 2. The predicted molar refractivity (Wildman–Crippen MR) is 559 cm³/mol. The van der Waals surface area contributed by atoms with Crippen LogP contribution < -0.4 is 50.9 Å². The molecule has 144 heavy (non-hydrogen) atoms. The van der Waals surface area contributed by atoms with Gasteiger partial charge < -0.3 is 50.0 Å². The molecule has 8 aliphatic rings. The highest BCUT2D eigenvalue weighted by Crippen LogP contribution is 2.53. The van der Waals surface area contributed by atoms with Crippen LogP contribution in [0.5, 0.6) is 12.0 Å². The topological polar surface area (TPSA) is 454 Å². The number of hydrogen-bond donors (Lipinski definition) is 8. The van der Waals surface area contributed by atoms with Crippen LogP contribution in [-0.4, -0.2) is 193 Å². The molecule has 39 heteroatoms. The van der Waals surface area contributed by atoms with Crippen molar-refractivity contribution in [3.05, 3.63) is 99.5 Å². The number of benzene rings is 3. The van der Waals surface area contributed by atoms with Gasteiger partial charge in [-0.2, -0.15) is 14.8 Å². The molecule has 4 aromatic heterocycles. The summed E-state index contributed by atoms with van der Waals surface area (Å²) in [7, 11) is -11.6. The van der Waals surface area contributed by atoms with E-state index in [-0.39, 0.29) is 79.4 Å². The molecule has 4 spiro atoms. The maximum atomic E-state index is 14.9. The first-order valence-electron chi connectivity index (χ1n) is 51.5. The zero-order valence-electron chi connectivity index (χ0n) is 88.3. The summed E-state index contributed by atoms with van der Waals surface area (Å²) < 4.78 is 110. The van der Waals surface area contributed by atoms with Crippen LogP contribution in [0.1, 0.15) is 344 Å². The van der Waals surface area contributed by atoms with Gasteiger partial charge in [-0.15, -0.1) is 22.7 Å². The van der Waals surface area contributed by atoms with Crippen LogP contribution in [0.25, 0.3) is 43.2 Å². The van der Waals surface area contributed by atoms with Crippen molar-refractivity contribution in [3.63, 3.8) is 0 Å². The summed E-state index contributed by atoms with van der Waals surface area (Å²) in [5.41, 5.74) is 1.89. The standard InChI is InChI=1S/C49H73N7O8S2.C49H71N7O8S2.C7H10N2O2S/c2*1-12-31-27-49(31)43(59)54-66(61,62)48(24-25-48)23-18-16-14-13-15-17-22-36-37(29(2)3)50-41(65-36)33-20-19-21-34-38(33)51-44(56(34)30(4)5)63-32-26-35(40(57)53-49)55(28-32)42(58)39(46(6,7)8)52-45(60)64-47(9,10)11;1-6-2-4-7(5-3-6)12(10,11)9-8/h19-21,29-32,35,39H,12-18,22-28H2,1-11H3,(H,52,60)(H,53,57)(H,54,59);13-14,19-21,29-32,35,39H,12,15-18,22-28H2,1-11H3,(H,52,60)(H,53,57)(H,54,59);2-5,9H,8H2,1H3/b;14-13+;/t2*31-,32-,35+,39-,49-;/m11./s1. The molecule has 4 saturated carbocycles. The van der Waals surface area contributed by atoms with Gasteiger partial charge in [-0.3, -0.25) is 53.2 Å². The van der Waals surface area contributed by atoms with E-state index < -0.39 is 157 Å². The zero-order valence-corrected chi connectivity index (χ0v) is 92.4. The van der Waals surface area contributed by atoms with E-state index in [4.69, 9.17) is 44.7 Å². The molecule has 4 aliphatic carbocycles. The number of fused-ring (bicyclic) bond motifs is 12. The third-order valence-electron chi connectivity index (χ3n) is 28.8. The molecule has 6 fully saturated rings. The Bertz CT molecular complexity index is 6230. The van der Waals surface area contributed by atoms with E-state index in [9.17, 15) is 63.6 Å². The second kappa shape index (κ2) is 43.6. The third kappa shape index (κ3) is 25.1. The molecule has 0 radical (unpaired) electrons. The van der Waals surface area contributed by atoms with Gasteiger partial charge in [0.2, 0.25) is 43.7 Å². The number of sulfonamides is 3. The summed E-state index contributed by atoms with van der Waals surface area (Å²) in [6, 6.07) is 14.5. The first-order valence-corrected chi connectivity index (χ1v) is 57.6. The SMILES string of the molecule is CC[C@@H]1C[C@@]12NC(=O)[C@@H]1C[C@H](CN1C(=O)[C@@H](NC(=O)OC(C)(C)C)C(C)(C)C)Oc1nc3c(cccc3n1C(C)C)-c1nc(C(C)C)c(s1)CCC/C=C/CCCC1(CC1)S(=O)(=O)NC2=O.CC[C@@H]1C[C@@]12NC(=O)[C@@H]1C[C@H](CN1C(=O)[C@@H](NC(=O)OC(C)(C)C)C(C)(C)C)Oc1nc3c(cccc3n1C(C)C)-c1nc(C(C)C)c(s1)CCCCCCCCC1(CC1)S(=O)(=O)NC2=O.Cc1ccc(S(=O)(=O)NN)cc1. The summed E-state index contributed by atoms with van der Waals surface area (Å²) in [6.07, 6.45) is 16.5. The lowest BCUT2D eigenvalue weighted by Crippen LogP contribution is -2.60. The van der Waals surface area contributed by atoms with Crippen LogP contribution in [0, 0.1) is 29.6 Å². The molecule has 12 bridgehead atoms. The van der Waals surface area contributed by atoms with Crippen molar-refractivity contribution in [1.29, 1.82) is 0 Å². The Morgan fingerprint density at radius 1 is 0.528 bits per heavy atom. The smallest absolute Gasteiger partial charge is 0.408 e. The highest BCUT2D eigenvalue weighted by molar-refractivity contribution is 7.92. The van der Waals surface area contributed by atoms with Crippen LogP contribution in [0.4, 0.5) is 9.59 Å². The molecule has 8 amide bonds. The van der Waals surface area contributed by atoms with E-state index >= 15 is 0 Å². The number of hydrazine groups is 1. The van der Waals surface area contributed by atoms with Crippen LogP contribution in [0.15, 0.2) is 77.7 Å². The number of hydrogen-bond acceptors (Lipinski definition) is 25. The van der Waals surface area contributed by atoms with Crippen molar-refractivity contribution in [3.8, 4) is 33.2 Å². The van der Waals surface area contributed by atoms with Crippen LogP contribution in [0.2, 0.25) is 0 Å². The number of para-hydroxylation sites is 2. The first kappa shape index (κ1) is 112. The summed E-state index contributed by atoms with van der Waals surface area (Å²) in [5, 5.41) is 13.3. The Hall–Kier alpha value is -9.67. The maximum absolute atomic E-state index is 14.9. The molecule has 3 aromatic carbocycles.